The number of benzene rings is 1. The highest BCUT2D eigenvalue weighted by molar-refractivity contribution is 7.16. The summed E-state index contributed by atoms with van der Waals surface area (Å²) in [5.41, 5.74) is 1.10. The van der Waals surface area contributed by atoms with Crippen molar-refractivity contribution in [3.8, 4) is 0 Å². The molecule has 102 valence electrons. The van der Waals surface area contributed by atoms with E-state index in [0.29, 0.717) is 10.0 Å². The second kappa shape index (κ2) is 6.96. The van der Waals surface area contributed by atoms with Crippen molar-refractivity contribution < 1.29 is 0 Å². The van der Waals surface area contributed by atoms with E-state index in [4.69, 9.17) is 34.8 Å². The molecule has 0 saturated heterocycles. The number of halogens is 3. The summed E-state index contributed by atoms with van der Waals surface area (Å²) in [6.07, 6.45) is 1.07. The van der Waals surface area contributed by atoms with Crippen LogP contribution in [0.2, 0.25) is 14.4 Å². The summed E-state index contributed by atoms with van der Waals surface area (Å²) in [7, 11) is 0. The Morgan fingerprint density at radius 3 is 2.47 bits per heavy atom. The third-order valence-corrected chi connectivity index (χ3v) is 4.79. The topological polar surface area (TPSA) is 12.0 Å². The molecular formula is C14H14Cl3NS. The van der Waals surface area contributed by atoms with Gasteiger partial charge in [0, 0.05) is 4.88 Å². The molecule has 0 spiro atoms. The second-order valence-corrected chi connectivity index (χ2v) is 6.76. The first-order valence-electron chi connectivity index (χ1n) is 6.05. The lowest BCUT2D eigenvalue weighted by molar-refractivity contribution is 0.606. The standard InChI is InChI=1S/C14H14Cl3NS/c1-2-7-18-14(12-5-6-13(17)19-12)9-3-4-10(15)11(16)8-9/h3-6,8,14,18H,2,7H2,1H3. The number of thiophene rings is 1. The first-order valence-corrected chi connectivity index (χ1v) is 8.00. The molecule has 1 aromatic carbocycles. The molecule has 0 aliphatic carbocycles. The highest BCUT2D eigenvalue weighted by atomic mass is 35.5. The first kappa shape index (κ1) is 15.1. The fourth-order valence-corrected chi connectivity index (χ4v) is 3.32. The number of hydrogen-bond acceptors (Lipinski definition) is 2. The van der Waals surface area contributed by atoms with Crippen LogP contribution in [0.5, 0.6) is 0 Å². The lowest BCUT2D eigenvalue weighted by Crippen LogP contribution is -2.22. The Hall–Kier alpha value is -0.250. The molecule has 1 aromatic heterocycles. The molecule has 5 heteroatoms. The molecule has 0 radical (unpaired) electrons. The first-order chi connectivity index (χ1) is 9.11. The van der Waals surface area contributed by atoms with E-state index in [1.54, 1.807) is 11.3 Å². The summed E-state index contributed by atoms with van der Waals surface area (Å²) in [6.45, 7) is 3.07. The van der Waals surface area contributed by atoms with Gasteiger partial charge in [-0.2, -0.15) is 0 Å². The van der Waals surface area contributed by atoms with Crippen molar-refractivity contribution in [2.45, 2.75) is 19.4 Å². The van der Waals surface area contributed by atoms with Gasteiger partial charge in [0.05, 0.1) is 20.4 Å². The summed E-state index contributed by atoms with van der Waals surface area (Å²) in [4.78, 5) is 1.18. The van der Waals surface area contributed by atoms with Gasteiger partial charge in [-0.15, -0.1) is 11.3 Å². The van der Waals surface area contributed by atoms with E-state index in [-0.39, 0.29) is 6.04 Å². The Balaban J connectivity index is 2.33. The van der Waals surface area contributed by atoms with E-state index in [1.165, 1.54) is 4.88 Å². The van der Waals surface area contributed by atoms with Crippen molar-refractivity contribution in [1.82, 2.24) is 5.32 Å². The van der Waals surface area contributed by atoms with Crippen molar-refractivity contribution >= 4 is 46.1 Å². The Kier molecular flexibility index (Phi) is 5.55. The van der Waals surface area contributed by atoms with E-state index in [9.17, 15) is 0 Å². The number of rotatable bonds is 5. The average molecular weight is 335 g/mol. The van der Waals surface area contributed by atoms with Crippen LogP contribution in [0.4, 0.5) is 0 Å². The minimum atomic E-state index is 0.104. The highest BCUT2D eigenvalue weighted by Gasteiger charge is 2.16. The molecule has 1 unspecified atom stereocenters. The largest absolute Gasteiger partial charge is 0.306 e. The van der Waals surface area contributed by atoms with Gasteiger partial charge in [0.25, 0.3) is 0 Å². The fraction of sp³-hybridized carbons (Fsp3) is 0.286. The summed E-state index contributed by atoms with van der Waals surface area (Å²) in [5, 5.41) is 4.66. The summed E-state index contributed by atoms with van der Waals surface area (Å²) >= 11 is 19.7. The van der Waals surface area contributed by atoms with Crippen LogP contribution < -0.4 is 5.32 Å². The van der Waals surface area contributed by atoms with Crippen LogP contribution in [0.25, 0.3) is 0 Å². The molecule has 1 atom stereocenters. The molecule has 1 N–H and O–H groups in total. The Morgan fingerprint density at radius 2 is 1.89 bits per heavy atom. The minimum Gasteiger partial charge on any atom is -0.306 e. The van der Waals surface area contributed by atoms with Gasteiger partial charge in [0.15, 0.2) is 0 Å². The zero-order valence-electron chi connectivity index (χ0n) is 10.4. The number of nitrogens with one attached hydrogen (secondary N) is 1. The van der Waals surface area contributed by atoms with Crippen LogP contribution in [0, 0.1) is 0 Å². The quantitative estimate of drug-likeness (QED) is 0.729. The van der Waals surface area contributed by atoms with Crippen molar-refractivity contribution in [3.63, 3.8) is 0 Å². The molecular weight excluding hydrogens is 321 g/mol. The van der Waals surface area contributed by atoms with E-state index >= 15 is 0 Å². The lowest BCUT2D eigenvalue weighted by Gasteiger charge is -2.18. The predicted octanol–water partition coefficient (Wildman–Crippen LogP) is 5.80. The number of hydrogen-bond donors (Lipinski definition) is 1. The smallest absolute Gasteiger partial charge is 0.0931 e. The van der Waals surface area contributed by atoms with Crippen LogP contribution >= 0.6 is 46.1 Å². The zero-order valence-corrected chi connectivity index (χ0v) is 13.5. The molecule has 1 heterocycles. The van der Waals surface area contributed by atoms with Crippen LogP contribution in [0.3, 0.4) is 0 Å². The lowest BCUT2D eigenvalue weighted by atomic mass is 10.1. The normalized spacial score (nSPS) is 12.6. The molecule has 0 fully saturated rings. The van der Waals surface area contributed by atoms with Crippen LogP contribution in [0.1, 0.15) is 29.8 Å². The van der Waals surface area contributed by atoms with Crippen LogP contribution in [-0.2, 0) is 0 Å². The summed E-state index contributed by atoms with van der Waals surface area (Å²) < 4.78 is 0.790. The maximum Gasteiger partial charge on any atom is 0.0931 e. The average Bonchev–Trinajstić information content (AvgIpc) is 2.80. The maximum absolute atomic E-state index is 6.10. The fourth-order valence-electron chi connectivity index (χ4n) is 1.85. The Labute approximate surface area is 132 Å². The van der Waals surface area contributed by atoms with Gasteiger partial charge in [-0.25, -0.2) is 0 Å². The molecule has 2 aromatic rings. The van der Waals surface area contributed by atoms with E-state index in [2.05, 4.69) is 12.2 Å². The van der Waals surface area contributed by atoms with Gasteiger partial charge in [0.1, 0.15) is 0 Å². The third-order valence-electron chi connectivity index (χ3n) is 2.75. The van der Waals surface area contributed by atoms with Gasteiger partial charge in [0.2, 0.25) is 0 Å². The molecule has 0 bridgehead atoms. The van der Waals surface area contributed by atoms with Crippen LogP contribution in [-0.4, -0.2) is 6.54 Å². The van der Waals surface area contributed by atoms with Gasteiger partial charge < -0.3 is 5.32 Å². The van der Waals surface area contributed by atoms with Crippen molar-refractivity contribution in [3.05, 3.63) is 55.2 Å². The minimum absolute atomic E-state index is 0.104. The highest BCUT2D eigenvalue weighted by Crippen LogP contribution is 2.33. The van der Waals surface area contributed by atoms with Gasteiger partial charge in [-0.3, -0.25) is 0 Å². The van der Waals surface area contributed by atoms with Gasteiger partial charge in [-0.05, 0) is 42.8 Å². The molecule has 0 amide bonds. The van der Waals surface area contributed by atoms with Crippen molar-refractivity contribution in [2.75, 3.05) is 6.54 Å². The van der Waals surface area contributed by atoms with Gasteiger partial charge >= 0.3 is 0 Å². The van der Waals surface area contributed by atoms with Crippen molar-refractivity contribution in [2.24, 2.45) is 0 Å². The third kappa shape index (κ3) is 3.87. The Morgan fingerprint density at radius 1 is 1.11 bits per heavy atom. The second-order valence-electron chi connectivity index (χ2n) is 4.20. The monoisotopic (exact) mass is 333 g/mol. The summed E-state index contributed by atoms with van der Waals surface area (Å²) in [6, 6.07) is 9.80. The molecule has 2 rings (SSSR count). The summed E-state index contributed by atoms with van der Waals surface area (Å²) in [5.74, 6) is 0. The van der Waals surface area contributed by atoms with Crippen LogP contribution in [0.15, 0.2) is 30.3 Å². The predicted molar refractivity (Wildman–Crippen MR) is 85.9 cm³/mol. The van der Waals surface area contributed by atoms with Crippen molar-refractivity contribution in [1.29, 1.82) is 0 Å². The van der Waals surface area contributed by atoms with E-state index < -0.39 is 0 Å². The van der Waals surface area contributed by atoms with E-state index in [0.717, 1.165) is 22.9 Å². The molecule has 0 saturated carbocycles. The Bertz CT molecular complexity index is 553. The maximum atomic E-state index is 6.10. The molecule has 0 aliphatic rings. The molecule has 0 aliphatic heterocycles. The van der Waals surface area contributed by atoms with Gasteiger partial charge in [-0.1, -0.05) is 47.8 Å². The zero-order chi connectivity index (χ0) is 13.8. The SMILES string of the molecule is CCCNC(c1ccc(Cl)c(Cl)c1)c1ccc(Cl)s1. The van der Waals surface area contributed by atoms with E-state index in [1.807, 2.05) is 30.3 Å². The molecule has 1 nitrogen and oxygen atoms in total. The molecule has 19 heavy (non-hydrogen) atoms.